The lowest BCUT2D eigenvalue weighted by atomic mass is 9.84. The molecule has 1 aromatic heterocycles. The molecular weight excluding hydrogens is 304 g/mol. The largest absolute Gasteiger partial charge is 0.315 e. The third kappa shape index (κ3) is 3.18. The molecule has 4 nitrogen and oxygen atoms in total. The van der Waals surface area contributed by atoms with Crippen LogP contribution in [0.15, 0.2) is 16.3 Å². The minimum atomic E-state index is -3.37. The Morgan fingerprint density at radius 2 is 2.14 bits per heavy atom. The van der Waals surface area contributed by atoms with Crippen LogP contribution >= 0.6 is 11.3 Å². The summed E-state index contributed by atoms with van der Waals surface area (Å²) in [6.45, 7) is 2.74. The van der Waals surface area contributed by atoms with Crippen LogP contribution in [-0.2, 0) is 16.6 Å². The molecule has 0 spiro atoms. The van der Waals surface area contributed by atoms with E-state index >= 15 is 0 Å². The Kier molecular flexibility index (Phi) is 4.41. The Bertz CT molecular complexity index is 597. The Labute approximate surface area is 131 Å². The molecule has 21 heavy (non-hydrogen) atoms. The Balaban J connectivity index is 1.67. The normalized spacial score (nSPS) is 29.9. The van der Waals surface area contributed by atoms with Crippen molar-refractivity contribution in [3.63, 3.8) is 0 Å². The van der Waals surface area contributed by atoms with E-state index in [0.29, 0.717) is 16.7 Å². The van der Waals surface area contributed by atoms with Crippen molar-refractivity contribution in [2.75, 3.05) is 7.05 Å². The van der Waals surface area contributed by atoms with Gasteiger partial charge in [0, 0.05) is 17.5 Å². The van der Waals surface area contributed by atoms with E-state index in [-0.39, 0.29) is 6.04 Å². The van der Waals surface area contributed by atoms with Gasteiger partial charge in [-0.3, -0.25) is 0 Å². The van der Waals surface area contributed by atoms with Gasteiger partial charge in [0.1, 0.15) is 4.21 Å². The molecule has 0 aliphatic heterocycles. The fraction of sp³-hybridized carbons (Fsp3) is 0.733. The van der Waals surface area contributed by atoms with Crippen molar-refractivity contribution in [1.82, 2.24) is 10.0 Å². The van der Waals surface area contributed by atoms with E-state index in [9.17, 15) is 8.42 Å². The summed E-state index contributed by atoms with van der Waals surface area (Å²) in [7, 11) is -1.51. The van der Waals surface area contributed by atoms with Gasteiger partial charge in [-0.2, -0.15) is 0 Å². The number of hydrogen-bond donors (Lipinski definition) is 2. The molecule has 2 bridgehead atoms. The summed E-state index contributed by atoms with van der Waals surface area (Å²) >= 11 is 1.35. The molecule has 1 heterocycles. The zero-order valence-corrected chi connectivity index (χ0v) is 14.3. The second-order valence-electron chi connectivity index (χ2n) is 6.50. The smallest absolute Gasteiger partial charge is 0.250 e. The lowest BCUT2D eigenvalue weighted by molar-refractivity contribution is 0.280. The predicted molar refractivity (Wildman–Crippen MR) is 85.8 cm³/mol. The number of sulfonamides is 1. The minimum absolute atomic E-state index is 0.0418. The summed E-state index contributed by atoms with van der Waals surface area (Å²) in [4.78, 5) is 1.05. The van der Waals surface area contributed by atoms with Crippen molar-refractivity contribution in [1.29, 1.82) is 0 Å². The second kappa shape index (κ2) is 5.99. The van der Waals surface area contributed by atoms with Crippen molar-refractivity contribution < 1.29 is 8.42 Å². The van der Waals surface area contributed by atoms with E-state index in [1.165, 1.54) is 37.0 Å². The van der Waals surface area contributed by atoms with Gasteiger partial charge < -0.3 is 5.32 Å². The minimum Gasteiger partial charge on any atom is -0.315 e. The van der Waals surface area contributed by atoms with Crippen LogP contribution in [0, 0.1) is 17.8 Å². The average molecular weight is 329 g/mol. The third-order valence-electron chi connectivity index (χ3n) is 5.03. The zero-order chi connectivity index (χ0) is 15.0. The summed E-state index contributed by atoms with van der Waals surface area (Å²) in [5, 5.41) is 3.05. The number of hydrogen-bond acceptors (Lipinski definition) is 4. The molecule has 0 amide bonds. The number of nitrogens with one attached hydrogen (secondary N) is 2. The predicted octanol–water partition coefficient (Wildman–Crippen LogP) is 2.57. The van der Waals surface area contributed by atoms with Crippen LogP contribution in [-0.4, -0.2) is 21.5 Å². The highest BCUT2D eigenvalue weighted by Crippen LogP contribution is 2.49. The first kappa shape index (κ1) is 15.5. The van der Waals surface area contributed by atoms with Crippen LogP contribution in [0.5, 0.6) is 0 Å². The van der Waals surface area contributed by atoms with Crippen LogP contribution in [0.1, 0.15) is 37.5 Å². The van der Waals surface area contributed by atoms with Gasteiger partial charge in [0.05, 0.1) is 0 Å². The van der Waals surface area contributed by atoms with Crippen molar-refractivity contribution in [2.45, 2.75) is 49.4 Å². The second-order valence-corrected chi connectivity index (χ2v) is 9.61. The van der Waals surface area contributed by atoms with Gasteiger partial charge in [-0.25, -0.2) is 13.1 Å². The van der Waals surface area contributed by atoms with Crippen LogP contribution in [0.4, 0.5) is 0 Å². The topological polar surface area (TPSA) is 58.2 Å². The van der Waals surface area contributed by atoms with Gasteiger partial charge in [0.2, 0.25) is 10.0 Å². The summed E-state index contributed by atoms with van der Waals surface area (Å²) in [6, 6.07) is 3.64. The summed E-state index contributed by atoms with van der Waals surface area (Å²) in [5.74, 6) is 2.10. The standard InChI is InChI=1S/C15H24N2O2S2/c1-10(14-8-11-3-4-12(14)7-11)17-21(18,19)15-6-5-13(20-15)9-16-2/h5-6,10-12,14,16-17H,3-4,7-9H2,1-2H3. The first-order chi connectivity index (χ1) is 9.99. The Morgan fingerprint density at radius 1 is 1.33 bits per heavy atom. The van der Waals surface area contributed by atoms with Crippen molar-refractivity contribution >= 4 is 21.4 Å². The average Bonchev–Trinajstić information content (AvgIpc) is 3.14. The molecule has 118 valence electrons. The molecule has 2 fully saturated rings. The lowest BCUT2D eigenvalue weighted by Gasteiger charge is -2.28. The molecular formula is C15H24N2O2S2. The summed E-state index contributed by atoms with van der Waals surface area (Å²) < 4.78 is 28.4. The van der Waals surface area contributed by atoms with Crippen LogP contribution in [0.3, 0.4) is 0 Å². The molecule has 0 aromatic carbocycles. The van der Waals surface area contributed by atoms with E-state index in [1.54, 1.807) is 6.07 Å². The van der Waals surface area contributed by atoms with Gasteiger partial charge in [-0.05, 0) is 63.1 Å². The Morgan fingerprint density at radius 3 is 2.76 bits per heavy atom. The van der Waals surface area contributed by atoms with Crippen LogP contribution in [0.25, 0.3) is 0 Å². The molecule has 2 aliphatic carbocycles. The van der Waals surface area contributed by atoms with E-state index in [4.69, 9.17) is 0 Å². The van der Waals surface area contributed by atoms with Gasteiger partial charge >= 0.3 is 0 Å². The molecule has 1 aromatic rings. The van der Waals surface area contributed by atoms with E-state index < -0.39 is 10.0 Å². The van der Waals surface area contributed by atoms with E-state index in [0.717, 1.165) is 16.7 Å². The summed E-state index contributed by atoms with van der Waals surface area (Å²) in [5.41, 5.74) is 0. The highest BCUT2D eigenvalue weighted by Gasteiger charge is 2.42. The fourth-order valence-electron chi connectivity index (χ4n) is 4.07. The molecule has 2 N–H and O–H groups in total. The third-order valence-corrected chi connectivity index (χ3v) is 8.16. The summed E-state index contributed by atoms with van der Waals surface area (Å²) in [6.07, 6.45) is 5.14. The number of rotatable bonds is 6. The van der Waals surface area contributed by atoms with Crippen LogP contribution in [0.2, 0.25) is 0 Å². The highest BCUT2D eigenvalue weighted by molar-refractivity contribution is 7.91. The molecule has 2 saturated carbocycles. The van der Waals surface area contributed by atoms with E-state index in [1.807, 2.05) is 20.0 Å². The molecule has 0 radical (unpaired) electrons. The number of thiophene rings is 1. The molecule has 4 unspecified atom stereocenters. The lowest BCUT2D eigenvalue weighted by Crippen LogP contribution is -2.39. The molecule has 0 saturated heterocycles. The maximum atomic E-state index is 12.5. The molecule has 6 heteroatoms. The van der Waals surface area contributed by atoms with Crippen molar-refractivity contribution in [3.8, 4) is 0 Å². The Hall–Kier alpha value is -0.430. The SMILES string of the molecule is CNCc1ccc(S(=O)(=O)NC(C)C2CC3CCC2C3)s1. The molecule has 2 aliphatic rings. The van der Waals surface area contributed by atoms with Gasteiger partial charge in [0.15, 0.2) is 0 Å². The van der Waals surface area contributed by atoms with Crippen molar-refractivity contribution in [2.24, 2.45) is 17.8 Å². The van der Waals surface area contributed by atoms with Crippen molar-refractivity contribution in [3.05, 3.63) is 17.0 Å². The zero-order valence-electron chi connectivity index (χ0n) is 12.6. The van der Waals surface area contributed by atoms with E-state index in [2.05, 4.69) is 10.0 Å². The maximum Gasteiger partial charge on any atom is 0.250 e. The van der Waals surface area contributed by atoms with Crippen LogP contribution < -0.4 is 10.0 Å². The first-order valence-corrected chi connectivity index (χ1v) is 10.0. The quantitative estimate of drug-likeness (QED) is 0.844. The highest BCUT2D eigenvalue weighted by atomic mass is 32.2. The first-order valence-electron chi connectivity index (χ1n) is 7.75. The van der Waals surface area contributed by atoms with Gasteiger partial charge in [-0.15, -0.1) is 11.3 Å². The monoisotopic (exact) mass is 328 g/mol. The fourth-order valence-corrected chi connectivity index (χ4v) is 6.75. The van der Waals surface area contributed by atoms with Gasteiger partial charge in [0.25, 0.3) is 0 Å². The van der Waals surface area contributed by atoms with Gasteiger partial charge in [-0.1, -0.05) is 6.42 Å². The maximum absolute atomic E-state index is 12.5. The molecule has 3 rings (SSSR count). The molecule has 4 atom stereocenters. The number of fused-ring (bicyclic) bond motifs is 2.